The van der Waals surface area contributed by atoms with Gasteiger partial charge in [-0.3, -0.25) is 0 Å². The second-order valence-corrected chi connectivity index (χ2v) is 7.88. The first-order chi connectivity index (χ1) is 12.0. The van der Waals surface area contributed by atoms with E-state index in [-0.39, 0.29) is 24.0 Å². The molecule has 1 unspecified atom stereocenters. The molecule has 0 aromatic carbocycles. The van der Waals surface area contributed by atoms with E-state index in [4.69, 9.17) is 4.99 Å². The normalized spacial score (nSPS) is 16.6. The molecular formula is C19H37IN6. The highest BCUT2D eigenvalue weighted by molar-refractivity contribution is 14.0. The number of nitrogens with one attached hydrogen (secondary N) is 2. The molecule has 150 valence electrons. The summed E-state index contributed by atoms with van der Waals surface area (Å²) in [7, 11) is 1.99. The number of aromatic nitrogens is 3. The van der Waals surface area contributed by atoms with Crippen molar-refractivity contribution in [2.75, 3.05) is 0 Å². The molecular weight excluding hydrogens is 439 g/mol. The molecule has 1 aliphatic carbocycles. The van der Waals surface area contributed by atoms with Gasteiger partial charge in [-0.15, -0.1) is 34.2 Å². The van der Waals surface area contributed by atoms with Crippen LogP contribution in [0.4, 0.5) is 0 Å². The third kappa shape index (κ3) is 7.80. The van der Waals surface area contributed by atoms with E-state index < -0.39 is 0 Å². The Morgan fingerprint density at radius 3 is 2.46 bits per heavy atom. The zero-order valence-electron chi connectivity index (χ0n) is 17.1. The smallest absolute Gasteiger partial charge is 0.192 e. The molecule has 0 saturated heterocycles. The van der Waals surface area contributed by atoms with Crippen molar-refractivity contribution in [3.8, 4) is 0 Å². The second-order valence-electron chi connectivity index (χ2n) is 7.88. The molecule has 0 bridgehead atoms. The lowest BCUT2D eigenvalue weighted by molar-refractivity contribution is 0.487. The van der Waals surface area contributed by atoms with Crippen LogP contribution in [0, 0.1) is 12.8 Å². The summed E-state index contributed by atoms with van der Waals surface area (Å²) in [4.78, 5) is 4.79. The summed E-state index contributed by atoms with van der Waals surface area (Å²) in [6.45, 7) is 9.34. The number of nitrogens with zero attached hydrogens (tertiary/aromatic N) is 4. The fourth-order valence-corrected chi connectivity index (χ4v) is 3.27. The molecule has 0 aliphatic heterocycles. The Morgan fingerprint density at radius 1 is 1.19 bits per heavy atom. The van der Waals surface area contributed by atoms with E-state index >= 15 is 0 Å². The Kier molecular flexibility index (Phi) is 10.5. The maximum absolute atomic E-state index is 4.79. The van der Waals surface area contributed by atoms with Crippen molar-refractivity contribution in [3.05, 3.63) is 11.6 Å². The van der Waals surface area contributed by atoms with E-state index in [9.17, 15) is 0 Å². The molecule has 7 heteroatoms. The predicted molar refractivity (Wildman–Crippen MR) is 119 cm³/mol. The zero-order valence-corrected chi connectivity index (χ0v) is 19.4. The van der Waals surface area contributed by atoms with Crippen LogP contribution in [0.5, 0.6) is 0 Å². The van der Waals surface area contributed by atoms with Crippen LogP contribution in [0.2, 0.25) is 0 Å². The Balaban J connectivity index is 0.00000338. The summed E-state index contributed by atoms with van der Waals surface area (Å²) < 4.78 is 2.00. The van der Waals surface area contributed by atoms with Crippen molar-refractivity contribution in [3.63, 3.8) is 0 Å². The minimum Gasteiger partial charge on any atom is -0.354 e. The van der Waals surface area contributed by atoms with Gasteiger partial charge in [0.05, 0.1) is 0 Å². The molecule has 2 N–H and O–H groups in total. The lowest BCUT2D eigenvalue weighted by Gasteiger charge is -2.21. The van der Waals surface area contributed by atoms with Crippen molar-refractivity contribution in [1.29, 1.82) is 0 Å². The molecule has 2 rings (SSSR count). The van der Waals surface area contributed by atoms with Gasteiger partial charge in [0.1, 0.15) is 12.4 Å². The summed E-state index contributed by atoms with van der Waals surface area (Å²) in [6.07, 6.45) is 8.83. The van der Waals surface area contributed by atoms with Crippen molar-refractivity contribution in [2.24, 2.45) is 18.0 Å². The standard InChI is InChI=1S/C19H36N6.HI/c1-14(2)9-8-10-15(3)21-19(22-17-11-6-7-12-17)20-13-18-24-23-16(4)25(18)5;/h14-15,17H,6-13H2,1-5H3,(H2,20,21,22);1H. The number of rotatable bonds is 8. The van der Waals surface area contributed by atoms with Crippen molar-refractivity contribution >= 4 is 29.9 Å². The molecule has 0 amide bonds. The number of aliphatic imine (C=N–C) groups is 1. The van der Waals surface area contributed by atoms with Gasteiger partial charge in [0.15, 0.2) is 11.8 Å². The Morgan fingerprint density at radius 2 is 1.88 bits per heavy atom. The second kappa shape index (κ2) is 11.8. The first-order valence-electron chi connectivity index (χ1n) is 9.88. The van der Waals surface area contributed by atoms with E-state index in [0.717, 1.165) is 23.5 Å². The summed E-state index contributed by atoms with van der Waals surface area (Å²) in [5, 5.41) is 15.6. The maximum atomic E-state index is 4.79. The average Bonchev–Trinajstić information content (AvgIpc) is 3.16. The quantitative estimate of drug-likeness (QED) is 0.339. The summed E-state index contributed by atoms with van der Waals surface area (Å²) in [6, 6.07) is 0.975. The average molecular weight is 476 g/mol. The Labute approximate surface area is 176 Å². The van der Waals surface area contributed by atoms with Crippen LogP contribution in [-0.2, 0) is 13.6 Å². The number of guanidine groups is 1. The molecule has 1 heterocycles. The molecule has 1 aliphatic rings. The van der Waals surface area contributed by atoms with Gasteiger partial charge in [-0.2, -0.15) is 0 Å². The summed E-state index contributed by atoms with van der Waals surface area (Å²) in [5.74, 6) is 3.52. The van der Waals surface area contributed by atoms with Crippen LogP contribution in [0.15, 0.2) is 4.99 Å². The van der Waals surface area contributed by atoms with Crippen LogP contribution in [0.25, 0.3) is 0 Å². The van der Waals surface area contributed by atoms with E-state index in [1.807, 2.05) is 18.5 Å². The van der Waals surface area contributed by atoms with Gasteiger partial charge in [-0.25, -0.2) is 4.99 Å². The summed E-state index contributed by atoms with van der Waals surface area (Å²) in [5.41, 5.74) is 0. The summed E-state index contributed by atoms with van der Waals surface area (Å²) >= 11 is 0. The molecule has 0 radical (unpaired) electrons. The first kappa shape index (κ1) is 23.2. The number of halogens is 1. The van der Waals surface area contributed by atoms with Crippen molar-refractivity contribution in [1.82, 2.24) is 25.4 Å². The first-order valence-corrected chi connectivity index (χ1v) is 9.88. The molecule has 1 fully saturated rings. The van der Waals surface area contributed by atoms with Gasteiger partial charge >= 0.3 is 0 Å². The van der Waals surface area contributed by atoms with Gasteiger partial charge < -0.3 is 15.2 Å². The molecule has 1 atom stereocenters. The number of hydrogen-bond donors (Lipinski definition) is 2. The molecule has 1 aromatic heterocycles. The van der Waals surface area contributed by atoms with Crippen LogP contribution in [0.3, 0.4) is 0 Å². The largest absolute Gasteiger partial charge is 0.354 e. The Hall–Kier alpha value is -0.860. The highest BCUT2D eigenvalue weighted by Crippen LogP contribution is 2.17. The number of aryl methyl sites for hydroxylation is 1. The third-order valence-corrected chi connectivity index (χ3v) is 5.06. The Bertz CT molecular complexity index is 548. The predicted octanol–water partition coefficient (Wildman–Crippen LogP) is 3.93. The van der Waals surface area contributed by atoms with Gasteiger partial charge in [0, 0.05) is 19.1 Å². The van der Waals surface area contributed by atoms with Crippen LogP contribution < -0.4 is 10.6 Å². The highest BCUT2D eigenvalue weighted by Gasteiger charge is 2.17. The van der Waals surface area contributed by atoms with Crippen molar-refractivity contribution in [2.45, 2.75) is 91.3 Å². The van der Waals surface area contributed by atoms with E-state index in [1.165, 1.54) is 44.9 Å². The molecule has 6 nitrogen and oxygen atoms in total. The van der Waals surface area contributed by atoms with Gasteiger partial charge in [0.2, 0.25) is 0 Å². The van der Waals surface area contributed by atoms with Crippen LogP contribution >= 0.6 is 24.0 Å². The SMILES string of the molecule is Cc1nnc(CN=C(NC(C)CCCC(C)C)NC2CCCC2)n1C.I. The number of hydrogen-bond acceptors (Lipinski definition) is 3. The van der Waals surface area contributed by atoms with Gasteiger partial charge in [-0.05, 0) is 39.0 Å². The molecule has 26 heavy (non-hydrogen) atoms. The minimum absolute atomic E-state index is 0. The molecule has 1 saturated carbocycles. The van der Waals surface area contributed by atoms with Gasteiger partial charge in [-0.1, -0.05) is 39.5 Å². The minimum atomic E-state index is 0. The molecule has 0 spiro atoms. The van der Waals surface area contributed by atoms with Crippen LogP contribution in [-0.4, -0.2) is 32.8 Å². The third-order valence-electron chi connectivity index (χ3n) is 5.06. The van der Waals surface area contributed by atoms with Gasteiger partial charge in [0.25, 0.3) is 0 Å². The molecule has 1 aromatic rings. The monoisotopic (exact) mass is 476 g/mol. The fourth-order valence-electron chi connectivity index (χ4n) is 3.27. The van der Waals surface area contributed by atoms with E-state index in [1.54, 1.807) is 0 Å². The lowest BCUT2D eigenvalue weighted by Crippen LogP contribution is -2.46. The zero-order chi connectivity index (χ0) is 18.2. The van der Waals surface area contributed by atoms with E-state index in [2.05, 4.69) is 41.6 Å². The maximum Gasteiger partial charge on any atom is 0.192 e. The highest BCUT2D eigenvalue weighted by atomic mass is 127. The van der Waals surface area contributed by atoms with Crippen molar-refractivity contribution < 1.29 is 0 Å². The van der Waals surface area contributed by atoms with E-state index in [0.29, 0.717) is 18.6 Å². The lowest BCUT2D eigenvalue weighted by atomic mass is 10.0. The topological polar surface area (TPSA) is 67.1 Å². The fraction of sp³-hybridized carbons (Fsp3) is 0.842. The van der Waals surface area contributed by atoms with Crippen LogP contribution in [0.1, 0.15) is 77.4 Å².